The normalized spacial score (nSPS) is 9.64. The third kappa shape index (κ3) is 1.27. The molecule has 0 amide bonds. The van der Waals surface area contributed by atoms with Crippen LogP contribution < -0.4 is 5.32 Å². The highest BCUT2D eigenvalue weighted by atomic mass is 35.5. The van der Waals surface area contributed by atoms with Gasteiger partial charge in [-0.05, 0) is 0 Å². The van der Waals surface area contributed by atoms with Gasteiger partial charge in [0, 0.05) is 7.05 Å². The molecule has 1 aromatic heterocycles. The van der Waals surface area contributed by atoms with Crippen LogP contribution in [0.25, 0.3) is 0 Å². The molecule has 0 unspecified atom stereocenters. The number of aromatic carboxylic acids is 1. The monoisotopic (exact) mass is 176 g/mol. The first kappa shape index (κ1) is 7.87. The lowest BCUT2D eigenvalue weighted by Gasteiger charge is -1.88. The highest BCUT2D eigenvalue weighted by Crippen LogP contribution is 2.24. The lowest BCUT2D eigenvalue weighted by atomic mass is 10.4. The van der Waals surface area contributed by atoms with Gasteiger partial charge in [0.25, 0.3) is 5.76 Å². The van der Waals surface area contributed by atoms with Crippen molar-refractivity contribution in [2.24, 2.45) is 0 Å². The highest BCUT2D eigenvalue weighted by Gasteiger charge is 2.18. The van der Waals surface area contributed by atoms with Crippen LogP contribution in [0.4, 0.5) is 5.82 Å². The van der Waals surface area contributed by atoms with Crippen LogP contribution in [0.3, 0.4) is 0 Å². The fourth-order valence-corrected chi connectivity index (χ4v) is 0.812. The van der Waals surface area contributed by atoms with Crippen molar-refractivity contribution in [2.45, 2.75) is 0 Å². The van der Waals surface area contributed by atoms with E-state index in [-0.39, 0.29) is 16.6 Å². The number of rotatable bonds is 2. The van der Waals surface area contributed by atoms with E-state index < -0.39 is 5.97 Å². The minimum absolute atomic E-state index is 0.0139. The summed E-state index contributed by atoms with van der Waals surface area (Å²) in [6.07, 6.45) is 0. The van der Waals surface area contributed by atoms with E-state index in [2.05, 4.69) is 15.0 Å². The average Bonchev–Trinajstić information content (AvgIpc) is 2.30. The third-order valence-corrected chi connectivity index (χ3v) is 1.42. The van der Waals surface area contributed by atoms with E-state index in [1.165, 1.54) is 0 Å². The van der Waals surface area contributed by atoms with Crippen LogP contribution in [0.1, 0.15) is 10.6 Å². The van der Waals surface area contributed by atoms with Crippen LogP contribution in [-0.2, 0) is 0 Å². The second kappa shape index (κ2) is 2.79. The minimum Gasteiger partial charge on any atom is -0.475 e. The number of nitrogens with one attached hydrogen (secondary N) is 1. The van der Waals surface area contributed by atoms with E-state index in [9.17, 15) is 4.79 Å². The van der Waals surface area contributed by atoms with Gasteiger partial charge >= 0.3 is 5.97 Å². The Hall–Kier alpha value is -1.23. The van der Waals surface area contributed by atoms with Gasteiger partial charge in [-0.2, -0.15) is 0 Å². The maximum atomic E-state index is 10.3. The molecule has 5 nitrogen and oxygen atoms in total. The van der Waals surface area contributed by atoms with E-state index in [0.717, 1.165) is 0 Å². The first-order valence-electron chi connectivity index (χ1n) is 2.73. The number of carboxylic acids is 1. The molecule has 60 valence electrons. The Bertz CT molecular complexity index is 283. The molecule has 0 saturated carbocycles. The zero-order valence-corrected chi connectivity index (χ0v) is 6.34. The molecule has 1 rings (SSSR count). The molecular formula is C5H5ClN2O3. The Kier molecular flexibility index (Phi) is 2.00. The topological polar surface area (TPSA) is 75.4 Å². The maximum absolute atomic E-state index is 10.3. The number of halogens is 1. The summed E-state index contributed by atoms with van der Waals surface area (Å²) in [7, 11) is 1.56. The highest BCUT2D eigenvalue weighted by molar-refractivity contribution is 6.35. The predicted octanol–water partition coefficient (Wildman–Crippen LogP) is 1.07. The molecule has 0 fully saturated rings. The quantitative estimate of drug-likeness (QED) is 0.705. The van der Waals surface area contributed by atoms with Crippen LogP contribution in [0.2, 0.25) is 5.02 Å². The van der Waals surface area contributed by atoms with Gasteiger partial charge in [-0.3, -0.25) is 0 Å². The molecule has 0 aromatic carbocycles. The van der Waals surface area contributed by atoms with Gasteiger partial charge < -0.3 is 14.9 Å². The molecule has 0 spiro atoms. The van der Waals surface area contributed by atoms with Gasteiger partial charge in [-0.1, -0.05) is 16.8 Å². The van der Waals surface area contributed by atoms with E-state index in [1.807, 2.05) is 0 Å². The van der Waals surface area contributed by atoms with Crippen LogP contribution in [-0.4, -0.2) is 23.3 Å². The Morgan fingerprint density at radius 1 is 1.82 bits per heavy atom. The van der Waals surface area contributed by atoms with E-state index in [0.29, 0.717) is 0 Å². The summed E-state index contributed by atoms with van der Waals surface area (Å²) in [6, 6.07) is 0. The van der Waals surface area contributed by atoms with E-state index >= 15 is 0 Å². The van der Waals surface area contributed by atoms with E-state index in [1.54, 1.807) is 7.05 Å². The molecule has 0 bridgehead atoms. The smallest absolute Gasteiger partial charge is 0.376 e. The molecule has 6 heteroatoms. The second-order valence-corrected chi connectivity index (χ2v) is 2.11. The number of nitrogens with zero attached hydrogens (tertiary/aromatic N) is 1. The molecule has 11 heavy (non-hydrogen) atoms. The summed E-state index contributed by atoms with van der Waals surface area (Å²) in [5.41, 5.74) is 0. The van der Waals surface area contributed by atoms with Crippen LogP contribution in [0, 0.1) is 0 Å². The van der Waals surface area contributed by atoms with Gasteiger partial charge in [0.1, 0.15) is 5.02 Å². The molecule has 0 saturated heterocycles. The number of anilines is 1. The largest absolute Gasteiger partial charge is 0.475 e. The Morgan fingerprint density at radius 2 is 2.45 bits per heavy atom. The van der Waals surface area contributed by atoms with E-state index in [4.69, 9.17) is 16.7 Å². The lowest BCUT2D eigenvalue weighted by Crippen LogP contribution is -1.94. The van der Waals surface area contributed by atoms with Crippen molar-refractivity contribution in [3.63, 3.8) is 0 Å². The van der Waals surface area contributed by atoms with Crippen molar-refractivity contribution in [1.82, 2.24) is 5.16 Å². The minimum atomic E-state index is -1.23. The summed E-state index contributed by atoms with van der Waals surface area (Å²) in [6.45, 7) is 0. The summed E-state index contributed by atoms with van der Waals surface area (Å²) in [4.78, 5) is 10.3. The van der Waals surface area contributed by atoms with Gasteiger partial charge in [0.15, 0.2) is 5.82 Å². The first-order valence-corrected chi connectivity index (χ1v) is 3.10. The molecule has 0 atom stereocenters. The number of carboxylic acid groups (broad SMARTS) is 1. The van der Waals surface area contributed by atoms with Crippen LogP contribution in [0.15, 0.2) is 4.52 Å². The average molecular weight is 177 g/mol. The van der Waals surface area contributed by atoms with Gasteiger partial charge in [-0.25, -0.2) is 4.79 Å². The SMILES string of the molecule is CNc1noc(C(=O)O)c1Cl. The summed E-state index contributed by atoms with van der Waals surface area (Å²) in [5.74, 6) is -1.36. The molecule has 1 heterocycles. The molecule has 0 radical (unpaired) electrons. The van der Waals surface area contributed by atoms with Gasteiger partial charge in [-0.15, -0.1) is 0 Å². The van der Waals surface area contributed by atoms with Crippen molar-refractivity contribution < 1.29 is 14.4 Å². The van der Waals surface area contributed by atoms with Crippen LogP contribution >= 0.6 is 11.6 Å². The molecule has 0 aliphatic carbocycles. The molecular weight excluding hydrogens is 172 g/mol. The number of hydrogen-bond acceptors (Lipinski definition) is 4. The number of hydrogen-bond donors (Lipinski definition) is 2. The Labute approximate surface area is 66.9 Å². The van der Waals surface area contributed by atoms with Gasteiger partial charge in [0.2, 0.25) is 0 Å². The zero-order chi connectivity index (χ0) is 8.43. The maximum Gasteiger partial charge on any atom is 0.376 e. The standard InChI is InChI=1S/C5H5ClN2O3/c1-7-4-2(6)3(5(9)10)11-8-4/h1H3,(H,7,8)(H,9,10). The Morgan fingerprint density at radius 3 is 2.73 bits per heavy atom. The van der Waals surface area contributed by atoms with Crippen molar-refractivity contribution >= 4 is 23.4 Å². The molecule has 0 aliphatic heterocycles. The number of aromatic nitrogens is 1. The zero-order valence-electron chi connectivity index (χ0n) is 5.59. The molecule has 2 N–H and O–H groups in total. The Balaban J connectivity index is 3.10. The summed E-state index contributed by atoms with van der Waals surface area (Å²) >= 11 is 5.52. The molecule has 1 aromatic rings. The predicted molar refractivity (Wildman–Crippen MR) is 38.0 cm³/mol. The second-order valence-electron chi connectivity index (χ2n) is 1.73. The third-order valence-electron chi connectivity index (χ3n) is 1.07. The van der Waals surface area contributed by atoms with Gasteiger partial charge in [0.05, 0.1) is 0 Å². The fraction of sp³-hybridized carbons (Fsp3) is 0.200. The van der Waals surface area contributed by atoms with Crippen LogP contribution in [0.5, 0.6) is 0 Å². The lowest BCUT2D eigenvalue weighted by molar-refractivity contribution is 0.0652. The van der Waals surface area contributed by atoms with Crippen molar-refractivity contribution in [2.75, 3.05) is 12.4 Å². The van der Waals surface area contributed by atoms with Crippen molar-refractivity contribution in [1.29, 1.82) is 0 Å². The first-order chi connectivity index (χ1) is 5.16. The summed E-state index contributed by atoms with van der Waals surface area (Å²) < 4.78 is 4.40. The van der Waals surface area contributed by atoms with Crippen molar-refractivity contribution in [3.05, 3.63) is 10.8 Å². The fourth-order valence-electron chi connectivity index (χ4n) is 0.567. The van der Waals surface area contributed by atoms with Crippen molar-refractivity contribution in [3.8, 4) is 0 Å². The summed E-state index contributed by atoms with van der Waals surface area (Å²) in [5, 5.41) is 14.3. The number of carbonyl (C=O) groups is 1. The molecule has 0 aliphatic rings.